The van der Waals surface area contributed by atoms with Crippen LogP contribution in [0.3, 0.4) is 0 Å². The van der Waals surface area contributed by atoms with Gasteiger partial charge in [0.1, 0.15) is 6.04 Å². The highest BCUT2D eigenvalue weighted by Crippen LogP contribution is 2.36. The summed E-state index contributed by atoms with van der Waals surface area (Å²) in [6.45, 7) is 0.592. The molecule has 2 fully saturated rings. The fourth-order valence-corrected chi connectivity index (χ4v) is 4.40. The highest BCUT2D eigenvalue weighted by molar-refractivity contribution is 5.86. The molecule has 0 aliphatic carbocycles. The Morgan fingerprint density at radius 3 is 2.33 bits per heavy atom. The van der Waals surface area contributed by atoms with Crippen molar-refractivity contribution >= 4 is 11.9 Å². The summed E-state index contributed by atoms with van der Waals surface area (Å²) in [6, 6.07) is 19.9. The van der Waals surface area contributed by atoms with Gasteiger partial charge < -0.3 is 9.64 Å². The van der Waals surface area contributed by atoms with Crippen LogP contribution in [0.2, 0.25) is 0 Å². The van der Waals surface area contributed by atoms with Crippen LogP contribution in [0.1, 0.15) is 17.5 Å². The zero-order valence-electron chi connectivity index (χ0n) is 15.4. The Kier molecular flexibility index (Phi) is 4.94. The van der Waals surface area contributed by atoms with Crippen LogP contribution in [0.15, 0.2) is 60.7 Å². The summed E-state index contributed by atoms with van der Waals surface area (Å²) >= 11 is 0. The SMILES string of the molecule is COC(=O)[C@H]1C[C@H]2C(=O)N(Cc3ccccc3)[C@@H](Cc3ccccc3)[C@H]2N1. The minimum Gasteiger partial charge on any atom is -0.468 e. The van der Waals surface area contributed by atoms with Crippen molar-refractivity contribution in [3.05, 3.63) is 71.8 Å². The molecule has 0 radical (unpaired) electrons. The first-order valence-corrected chi connectivity index (χ1v) is 9.39. The molecular weight excluding hydrogens is 340 g/mol. The number of hydrogen-bond acceptors (Lipinski definition) is 4. The lowest BCUT2D eigenvalue weighted by molar-refractivity contribution is -0.143. The second kappa shape index (κ2) is 7.53. The number of likely N-dealkylation sites (tertiary alicyclic amines) is 1. The third-order valence-electron chi connectivity index (χ3n) is 5.70. The second-order valence-electron chi connectivity index (χ2n) is 7.32. The van der Waals surface area contributed by atoms with Crippen LogP contribution in [0.25, 0.3) is 0 Å². The average molecular weight is 364 g/mol. The summed E-state index contributed by atoms with van der Waals surface area (Å²) in [6.07, 6.45) is 1.27. The van der Waals surface area contributed by atoms with Crippen molar-refractivity contribution in [2.45, 2.75) is 37.5 Å². The molecule has 2 saturated heterocycles. The van der Waals surface area contributed by atoms with E-state index in [1.54, 1.807) is 0 Å². The van der Waals surface area contributed by atoms with E-state index >= 15 is 0 Å². The van der Waals surface area contributed by atoms with Gasteiger partial charge in [0.25, 0.3) is 0 Å². The number of hydrogen-bond donors (Lipinski definition) is 1. The van der Waals surface area contributed by atoms with Gasteiger partial charge in [0, 0.05) is 12.6 Å². The zero-order chi connectivity index (χ0) is 18.8. The maximum absolute atomic E-state index is 13.2. The van der Waals surface area contributed by atoms with Crippen LogP contribution in [0.4, 0.5) is 0 Å². The van der Waals surface area contributed by atoms with Gasteiger partial charge in [0.05, 0.1) is 19.1 Å². The molecule has 0 aromatic heterocycles. The third kappa shape index (κ3) is 3.47. The van der Waals surface area contributed by atoms with Gasteiger partial charge in [-0.25, -0.2) is 0 Å². The van der Waals surface area contributed by atoms with Crippen molar-refractivity contribution in [1.82, 2.24) is 10.2 Å². The van der Waals surface area contributed by atoms with E-state index in [0.29, 0.717) is 13.0 Å². The number of rotatable bonds is 5. The largest absolute Gasteiger partial charge is 0.468 e. The standard InChI is InChI=1S/C22H24N2O3/c1-27-22(26)18-13-17-20(23-18)19(12-15-8-4-2-5-9-15)24(21(17)25)14-16-10-6-3-7-11-16/h2-11,17-20,23H,12-14H2,1H3/t17-,18-,19+,20+/m1/s1. The molecule has 1 N–H and O–H groups in total. The van der Waals surface area contributed by atoms with E-state index < -0.39 is 6.04 Å². The molecule has 2 aromatic rings. The number of nitrogens with zero attached hydrogens (tertiary/aromatic N) is 1. The maximum atomic E-state index is 13.2. The summed E-state index contributed by atoms with van der Waals surface area (Å²) in [7, 11) is 1.39. The zero-order valence-corrected chi connectivity index (χ0v) is 15.4. The molecule has 140 valence electrons. The Morgan fingerprint density at radius 1 is 1.07 bits per heavy atom. The lowest BCUT2D eigenvalue weighted by Crippen LogP contribution is -2.47. The summed E-state index contributed by atoms with van der Waals surface area (Å²) in [5, 5.41) is 3.38. The number of esters is 1. The minimum atomic E-state index is -0.397. The highest BCUT2D eigenvalue weighted by Gasteiger charge is 2.53. The first-order valence-electron chi connectivity index (χ1n) is 9.39. The Balaban J connectivity index is 1.60. The second-order valence-corrected chi connectivity index (χ2v) is 7.32. The van der Waals surface area contributed by atoms with E-state index in [2.05, 4.69) is 17.4 Å². The van der Waals surface area contributed by atoms with E-state index in [0.717, 1.165) is 12.0 Å². The normalized spacial score (nSPS) is 26.9. The lowest BCUT2D eigenvalue weighted by atomic mass is 9.95. The molecule has 1 amide bonds. The maximum Gasteiger partial charge on any atom is 0.322 e. The minimum absolute atomic E-state index is 0.0137. The molecule has 0 unspecified atom stereocenters. The molecule has 4 rings (SSSR count). The topological polar surface area (TPSA) is 58.6 Å². The monoisotopic (exact) mass is 364 g/mol. The van der Waals surface area contributed by atoms with E-state index in [9.17, 15) is 9.59 Å². The van der Waals surface area contributed by atoms with Crippen LogP contribution < -0.4 is 5.32 Å². The summed E-state index contributed by atoms with van der Waals surface area (Å²) in [5.41, 5.74) is 2.31. The molecule has 5 nitrogen and oxygen atoms in total. The molecule has 0 saturated carbocycles. The lowest BCUT2D eigenvalue weighted by Gasteiger charge is -2.29. The molecule has 5 heteroatoms. The first-order chi connectivity index (χ1) is 13.2. The fraction of sp³-hybridized carbons (Fsp3) is 0.364. The van der Waals surface area contributed by atoms with Gasteiger partial charge in [-0.1, -0.05) is 60.7 Å². The number of carbonyl (C=O) groups is 2. The van der Waals surface area contributed by atoms with Crippen LogP contribution in [-0.2, 0) is 27.3 Å². The van der Waals surface area contributed by atoms with Gasteiger partial charge >= 0.3 is 5.97 Å². The predicted molar refractivity (Wildman–Crippen MR) is 102 cm³/mol. The quantitative estimate of drug-likeness (QED) is 0.826. The average Bonchev–Trinajstić information content (AvgIpc) is 3.24. The molecule has 2 aromatic carbocycles. The van der Waals surface area contributed by atoms with E-state index in [1.165, 1.54) is 12.7 Å². The van der Waals surface area contributed by atoms with Crippen LogP contribution in [0, 0.1) is 5.92 Å². The van der Waals surface area contributed by atoms with Crippen LogP contribution in [0.5, 0.6) is 0 Å². The van der Waals surface area contributed by atoms with Crippen molar-refractivity contribution in [3.63, 3.8) is 0 Å². The van der Waals surface area contributed by atoms with Gasteiger partial charge in [-0.05, 0) is 24.0 Å². The Hall–Kier alpha value is -2.66. The number of fused-ring (bicyclic) bond motifs is 1. The summed E-state index contributed by atoms with van der Waals surface area (Å²) < 4.78 is 4.88. The number of ether oxygens (including phenoxy) is 1. The molecular formula is C22H24N2O3. The van der Waals surface area contributed by atoms with E-state index in [4.69, 9.17) is 4.74 Å². The van der Waals surface area contributed by atoms with Crippen molar-refractivity contribution in [2.24, 2.45) is 5.92 Å². The number of methoxy groups -OCH3 is 1. The van der Waals surface area contributed by atoms with Gasteiger partial charge in [-0.3, -0.25) is 14.9 Å². The van der Waals surface area contributed by atoms with Gasteiger partial charge in [0.15, 0.2) is 0 Å². The van der Waals surface area contributed by atoms with Crippen molar-refractivity contribution in [1.29, 1.82) is 0 Å². The van der Waals surface area contributed by atoms with Gasteiger partial charge in [-0.15, -0.1) is 0 Å². The summed E-state index contributed by atoms with van der Waals surface area (Å²) in [5.74, 6) is -0.333. The Labute approximate surface area is 159 Å². The number of amides is 1. The number of benzene rings is 2. The molecule has 0 spiro atoms. The van der Waals surface area contributed by atoms with E-state index in [-0.39, 0.29) is 29.9 Å². The van der Waals surface area contributed by atoms with Crippen LogP contribution in [-0.4, -0.2) is 42.0 Å². The molecule has 2 aliphatic heterocycles. The third-order valence-corrected chi connectivity index (χ3v) is 5.70. The van der Waals surface area contributed by atoms with E-state index in [1.807, 2.05) is 53.4 Å². The van der Waals surface area contributed by atoms with Crippen molar-refractivity contribution in [2.75, 3.05) is 7.11 Å². The van der Waals surface area contributed by atoms with Crippen molar-refractivity contribution in [3.8, 4) is 0 Å². The molecule has 2 heterocycles. The highest BCUT2D eigenvalue weighted by atomic mass is 16.5. The van der Waals surface area contributed by atoms with Gasteiger partial charge in [0.2, 0.25) is 5.91 Å². The Bertz CT molecular complexity index is 809. The number of nitrogens with one attached hydrogen (secondary N) is 1. The fourth-order valence-electron chi connectivity index (χ4n) is 4.40. The number of carbonyl (C=O) groups excluding carboxylic acids is 2. The van der Waals surface area contributed by atoms with Crippen molar-refractivity contribution < 1.29 is 14.3 Å². The van der Waals surface area contributed by atoms with Gasteiger partial charge in [-0.2, -0.15) is 0 Å². The molecule has 4 atom stereocenters. The Morgan fingerprint density at radius 2 is 1.70 bits per heavy atom. The molecule has 0 bridgehead atoms. The predicted octanol–water partition coefficient (Wildman–Crippen LogP) is 2.16. The first kappa shape index (κ1) is 17.7. The van der Waals surface area contributed by atoms with Crippen LogP contribution >= 0.6 is 0 Å². The summed E-state index contributed by atoms with van der Waals surface area (Å²) in [4.78, 5) is 27.1. The smallest absolute Gasteiger partial charge is 0.322 e. The molecule has 27 heavy (non-hydrogen) atoms. The molecule has 2 aliphatic rings.